The first-order valence-electron chi connectivity index (χ1n) is 4.74. The molecule has 0 aromatic carbocycles. The molecule has 1 unspecified atom stereocenters. The van der Waals surface area contributed by atoms with Crippen molar-refractivity contribution in [2.75, 3.05) is 31.4 Å². The average Bonchev–Trinajstić information content (AvgIpc) is 2.25. The van der Waals surface area contributed by atoms with Crippen LogP contribution < -0.4 is 11.5 Å². The van der Waals surface area contributed by atoms with E-state index in [1.807, 2.05) is 0 Å². The lowest BCUT2D eigenvalue weighted by Crippen LogP contribution is -2.45. The lowest BCUT2D eigenvalue weighted by atomic mass is 10.1. The summed E-state index contributed by atoms with van der Waals surface area (Å²) >= 11 is 2.32. The number of halogens is 1. The molecule has 0 fully saturated rings. The van der Waals surface area contributed by atoms with E-state index in [0.29, 0.717) is 19.0 Å². The van der Waals surface area contributed by atoms with Crippen LogP contribution in [0.15, 0.2) is 0 Å². The van der Waals surface area contributed by atoms with E-state index in [9.17, 15) is 0 Å². The molecule has 6 heteroatoms. The minimum absolute atomic E-state index is 0.432. The van der Waals surface area contributed by atoms with Gasteiger partial charge in [0.15, 0.2) is 0 Å². The van der Waals surface area contributed by atoms with Crippen LogP contribution in [0.4, 0.5) is 0 Å². The second kappa shape index (κ2) is 8.00. The third kappa shape index (κ3) is 4.54. The summed E-state index contributed by atoms with van der Waals surface area (Å²) in [7, 11) is 1.47. The molecule has 0 rings (SSSR count). The SMILES string of the molecule is CO[Si](CI)(CC(CN)CCN)OC. The lowest BCUT2D eigenvalue weighted by Gasteiger charge is -2.28. The van der Waals surface area contributed by atoms with Crippen molar-refractivity contribution < 1.29 is 8.85 Å². The molecule has 0 aliphatic rings. The summed E-state index contributed by atoms with van der Waals surface area (Å²) in [4.78, 5) is 0. The summed E-state index contributed by atoms with van der Waals surface area (Å²) in [6.45, 7) is 1.34. The maximum absolute atomic E-state index is 5.68. The molecule has 0 amide bonds. The molecule has 14 heavy (non-hydrogen) atoms. The maximum atomic E-state index is 5.68. The van der Waals surface area contributed by atoms with Gasteiger partial charge in [0, 0.05) is 18.3 Å². The van der Waals surface area contributed by atoms with Crippen LogP contribution in [0.2, 0.25) is 6.04 Å². The highest BCUT2D eigenvalue weighted by atomic mass is 127. The van der Waals surface area contributed by atoms with Gasteiger partial charge in [0.2, 0.25) is 0 Å². The van der Waals surface area contributed by atoms with Gasteiger partial charge in [-0.3, -0.25) is 0 Å². The largest absolute Gasteiger partial charge is 0.397 e. The highest BCUT2D eigenvalue weighted by Crippen LogP contribution is 2.22. The molecule has 0 saturated heterocycles. The normalized spacial score (nSPS) is 14.4. The molecule has 0 aromatic heterocycles. The van der Waals surface area contributed by atoms with Crippen LogP contribution in [0, 0.1) is 5.92 Å². The zero-order valence-corrected chi connectivity index (χ0v) is 12.1. The van der Waals surface area contributed by atoms with Crippen molar-refractivity contribution >= 4 is 31.2 Å². The van der Waals surface area contributed by atoms with Crippen LogP contribution in [0.25, 0.3) is 0 Å². The van der Waals surface area contributed by atoms with Crippen molar-refractivity contribution in [3.8, 4) is 0 Å². The molecule has 0 bridgehead atoms. The van der Waals surface area contributed by atoms with E-state index >= 15 is 0 Å². The Morgan fingerprint density at radius 2 is 1.86 bits per heavy atom. The van der Waals surface area contributed by atoms with Crippen LogP contribution in [0.1, 0.15) is 6.42 Å². The van der Waals surface area contributed by atoms with Crippen molar-refractivity contribution in [1.29, 1.82) is 0 Å². The molecule has 0 aliphatic heterocycles. The Bertz CT molecular complexity index is 139. The first kappa shape index (κ1) is 14.8. The van der Waals surface area contributed by atoms with Crippen LogP contribution in [0.5, 0.6) is 0 Å². The van der Waals surface area contributed by atoms with Crippen molar-refractivity contribution in [2.24, 2.45) is 17.4 Å². The van der Waals surface area contributed by atoms with E-state index in [1.165, 1.54) is 0 Å². The van der Waals surface area contributed by atoms with Gasteiger partial charge < -0.3 is 20.3 Å². The minimum Gasteiger partial charge on any atom is -0.397 e. The molecule has 0 aromatic rings. The summed E-state index contributed by atoms with van der Waals surface area (Å²) in [5.41, 5.74) is 11.2. The molecule has 4 N–H and O–H groups in total. The van der Waals surface area contributed by atoms with Gasteiger partial charge in [0.25, 0.3) is 0 Å². The van der Waals surface area contributed by atoms with Gasteiger partial charge in [-0.05, 0) is 31.5 Å². The Morgan fingerprint density at radius 3 is 2.14 bits per heavy atom. The van der Waals surface area contributed by atoms with Gasteiger partial charge >= 0.3 is 8.56 Å². The van der Waals surface area contributed by atoms with Crippen molar-refractivity contribution in [2.45, 2.75) is 12.5 Å². The quantitative estimate of drug-likeness (QED) is 0.388. The average molecular weight is 332 g/mol. The Hall–Kier alpha value is 0.787. The lowest BCUT2D eigenvalue weighted by molar-refractivity contribution is 0.240. The van der Waals surface area contributed by atoms with Gasteiger partial charge in [0.1, 0.15) is 0 Å². The second-order valence-electron chi connectivity index (χ2n) is 3.34. The van der Waals surface area contributed by atoms with Crippen molar-refractivity contribution in [3.05, 3.63) is 0 Å². The monoisotopic (exact) mass is 332 g/mol. The summed E-state index contributed by atoms with van der Waals surface area (Å²) in [6, 6.07) is 0.941. The third-order valence-corrected chi connectivity index (χ3v) is 9.04. The third-order valence-electron chi connectivity index (χ3n) is 2.46. The Morgan fingerprint density at radius 1 is 1.29 bits per heavy atom. The predicted octanol–water partition coefficient (Wildman–Crippen LogP) is 0.619. The fraction of sp³-hybridized carbons (Fsp3) is 1.00. The van der Waals surface area contributed by atoms with Crippen LogP contribution in [0.3, 0.4) is 0 Å². The number of rotatable bonds is 8. The van der Waals surface area contributed by atoms with Gasteiger partial charge in [-0.1, -0.05) is 22.6 Å². The molecule has 86 valence electrons. The zero-order valence-electron chi connectivity index (χ0n) is 8.96. The topological polar surface area (TPSA) is 70.5 Å². The molecule has 4 nitrogen and oxygen atoms in total. The summed E-state index contributed by atoms with van der Waals surface area (Å²) in [5, 5.41) is 0. The molecule has 0 spiro atoms. The van der Waals surface area contributed by atoms with E-state index in [4.69, 9.17) is 20.3 Å². The number of hydrogen-bond acceptors (Lipinski definition) is 4. The standard InChI is InChI=1S/C8H21IN2O2Si/c1-12-14(7-9,13-2)6-8(5-11)3-4-10/h8H,3-7,10-11H2,1-2H3. The molecule has 0 heterocycles. The fourth-order valence-corrected chi connectivity index (χ4v) is 6.27. The summed E-state index contributed by atoms with van der Waals surface area (Å²) in [6.07, 6.45) is 0.953. The van der Waals surface area contributed by atoms with E-state index in [2.05, 4.69) is 22.6 Å². The molecule has 0 radical (unpaired) electrons. The highest BCUT2D eigenvalue weighted by molar-refractivity contribution is 14.1. The van der Waals surface area contributed by atoms with Crippen molar-refractivity contribution in [1.82, 2.24) is 0 Å². The van der Waals surface area contributed by atoms with Gasteiger partial charge in [-0.15, -0.1) is 0 Å². The van der Waals surface area contributed by atoms with Crippen LogP contribution in [-0.2, 0) is 8.85 Å². The Kier molecular flexibility index (Phi) is 8.45. The molecule has 0 saturated carbocycles. The highest BCUT2D eigenvalue weighted by Gasteiger charge is 2.36. The van der Waals surface area contributed by atoms with E-state index in [1.54, 1.807) is 14.2 Å². The molecule has 1 atom stereocenters. The summed E-state index contributed by atoms with van der Waals surface area (Å²) < 4.78 is 12.0. The van der Waals surface area contributed by atoms with E-state index in [-0.39, 0.29) is 0 Å². The van der Waals surface area contributed by atoms with E-state index in [0.717, 1.165) is 16.5 Å². The molecular weight excluding hydrogens is 311 g/mol. The Balaban J connectivity index is 4.24. The first-order chi connectivity index (χ1) is 6.67. The predicted molar refractivity (Wildman–Crippen MR) is 69.7 cm³/mol. The summed E-state index contributed by atoms with van der Waals surface area (Å²) in [5.74, 6) is 0.432. The van der Waals surface area contributed by atoms with E-state index < -0.39 is 8.56 Å². The molecular formula is C8H21IN2O2Si. The Labute approximate surface area is 101 Å². The van der Waals surface area contributed by atoms with Crippen molar-refractivity contribution in [3.63, 3.8) is 0 Å². The number of alkyl halides is 1. The van der Waals surface area contributed by atoms with Gasteiger partial charge in [-0.25, -0.2) is 0 Å². The van der Waals surface area contributed by atoms with Crippen LogP contribution in [-0.4, -0.2) is 39.9 Å². The number of hydrogen-bond donors (Lipinski definition) is 2. The second-order valence-corrected chi connectivity index (χ2v) is 8.94. The smallest absolute Gasteiger partial charge is 0.347 e. The van der Waals surface area contributed by atoms with Gasteiger partial charge in [-0.2, -0.15) is 0 Å². The molecule has 0 aliphatic carbocycles. The fourth-order valence-electron chi connectivity index (χ4n) is 1.39. The minimum atomic E-state index is -1.99. The first-order valence-corrected chi connectivity index (χ1v) is 8.50. The van der Waals surface area contributed by atoms with Gasteiger partial charge in [0.05, 0.1) is 0 Å². The van der Waals surface area contributed by atoms with Crippen LogP contribution >= 0.6 is 22.6 Å². The maximum Gasteiger partial charge on any atom is 0.347 e. The zero-order chi connectivity index (χ0) is 11.0. The number of nitrogens with two attached hydrogens (primary N) is 2.